The molecule has 1 saturated heterocycles. The lowest BCUT2D eigenvalue weighted by Crippen LogP contribution is -2.34. The molecular weight excluding hydrogens is 280 g/mol. The fourth-order valence-corrected chi connectivity index (χ4v) is 2.22. The zero-order valence-corrected chi connectivity index (χ0v) is 12.1. The van der Waals surface area contributed by atoms with E-state index in [4.69, 9.17) is 9.47 Å². The molecule has 22 heavy (non-hydrogen) atoms. The third kappa shape index (κ3) is 3.77. The summed E-state index contributed by atoms with van der Waals surface area (Å²) in [4.78, 5) is 13.8. The van der Waals surface area contributed by atoms with Crippen molar-refractivity contribution in [3.8, 4) is 5.75 Å². The van der Waals surface area contributed by atoms with Crippen LogP contribution in [0.3, 0.4) is 0 Å². The molecule has 0 spiro atoms. The van der Waals surface area contributed by atoms with E-state index in [9.17, 15) is 4.79 Å². The van der Waals surface area contributed by atoms with Gasteiger partial charge in [0.05, 0.1) is 6.54 Å². The topological polar surface area (TPSA) is 50.8 Å². The smallest absolute Gasteiger partial charge is 0.323 e. The Balaban J connectivity index is 1.46. The molecule has 2 amide bonds. The molecule has 2 aromatic rings. The molecule has 3 rings (SSSR count). The predicted molar refractivity (Wildman–Crippen MR) is 83.8 cm³/mol. The highest BCUT2D eigenvalue weighted by Gasteiger charge is 2.27. The minimum Gasteiger partial charge on any atom is -0.491 e. The van der Waals surface area contributed by atoms with Gasteiger partial charge in [-0.15, -0.1) is 0 Å². The second-order valence-corrected chi connectivity index (χ2v) is 5.06. The van der Waals surface area contributed by atoms with Gasteiger partial charge in [0.15, 0.2) is 0 Å². The number of hydrogen-bond donors (Lipinski definition) is 1. The molecule has 0 radical (unpaired) electrons. The van der Waals surface area contributed by atoms with Crippen LogP contribution >= 0.6 is 0 Å². The first kappa shape index (κ1) is 14.4. The number of ether oxygens (including phenoxy) is 2. The number of urea groups is 1. The first-order valence-corrected chi connectivity index (χ1v) is 7.22. The molecule has 5 heteroatoms. The number of carbonyl (C=O) groups excluding carboxylic acids is 1. The van der Waals surface area contributed by atoms with Crippen molar-refractivity contribution in [3.05, 3.63) is 60.7 Å². The number of amides is 2. The van der Waals surface area contributed by atoms with Gasteiger partial charge in [0.1, 0.15) is 25.2 Å². The molecule has 1 aliphatic rings. The van der Waals surface area contributed by atoms with E-state index in [1.54, 1.807) is 4.90 Å². The molecule has 5 nitrogen and oxygen atoms in total. The van der Waals surface area contributed by atoms with Crippen molar-refractivity contribution >= 4 is 11.7 Å². The molecule has 114 valence electrons. The summed E-state index contributed by atoms with van der Waals surface area (Å²) < 4.78 is 11.2. The third-order valence-corrected chi connectivity index (χ3v) is 3.38. The number of benzene rings is 2. The molecule has 1 heterocycles. The highest BCUT2D eigenvalue weighted by molar-refractivity contribution is 5.89. The maximum Gasteiger partial charge on any atom is 0.323 e. The first-order chi connectivity index (χ1) is 10.8. The first-order valence-electron chi connectivity index (χ1n) is 7.22. The molecule has 0 bridgehead atoms. The summed E-state index contributed by atoms with van der Waals surface area (Å²) in [7, 11) is 0. The summed E-state index contributed by atoms with van der Waals surface area (Å²) >= 11 is 0. The number of carbonyl (C=O) groups is 1. The lowest BCUT2D eigenvalue weighted by Gasteiger charge is -2.15. The second kappa shape index (κ2) is 6.95. The Morgan fingerprint density at radius 2 is 1.82 bits per heavy atom. The van der Waals surface area contributed by atoms with Gasteiger partial charge in [-0.05, 0) is 24.3 Å². The van der Waals surface area contributed by atoms with E-state index in [1.807, 2.05) is 60.7 Å². The Morgan fingerprint density at radius 1 is 1.14 bits per heavy atom. The molecule has 1 fully saturated rings. The highest BCUT2D eigenvalue weighted by atomic mass is 16.5. The zero-order chi connectivity index (χ0) is 15.2. The van der Waals surface area contributed by atoms with Crippen molar-refractivity contribution in [3.63, 3.8) is 0 Å². The molecule has 2 aromatic carbocycles. The molecule has 1 atom stereocenters. The summed E-state index contributed by atoms with van der Waals surface area (Å²) in [6, 6.07) is 18.8. The van der Waals surface area contributed by atoms with Crippen molar-refractivity contribution in [2.24, 2.45) is 0 Å². The van der Waals surface area contributed by atoms with Crippen molar-refractivity contribution in [1.29, 1.82) is 0 Å². The molecule has 1 aliphatic heterocycles. The summed E-state index contributed by atoms with van der Waals surface area (Å²) in [5.74, 6) is 0.804. The highest BCUT2D eigenvalue weighted by Crippen LogP contribution is 2.14. The van der Waals surface area contributed by atoms with Crippen molar-refractivity contribution in [2.75, 3.05) is 25.2 Å². The van der Waals surface area contributed by atoms with Gasteiger partial charge in [0.25, 0.3) is 0 Å². The number of nitrogens with one attached hydrogen (secondary N) is 1. The van der Waals surface area contributed by atoms with E-state index in [0.29, 0.717) is 13.2 Å². The van der Waals surface area contributed by atoms with Gasteiger partial charge >= 0.3 is 6.03 Å². The van der Waals surface area contributed by atoms with Gasteiger partial charge in [-0.2, -0.15) is 0 Å². The van der Waals surface area contributed by atoms with Gasteiger partial charge in [-0.25, -0.2) is 4.79 Å². The summed E-state index contributed by atoms with van der Waals surface area (Å²) in [6.07, 6.45) is -0.110. The van der Waals surface area contributed by atoms with E-state index in [0.717, 1.165) is 11.4 Å². The van der Waals surface area contributed by atoms with Gasteiger partial charge in [-0.3, -0.25) is 4.90 Å². The number of para-hydroxylation sites is 2. The quantitative estimate of drug-likeness (QED) is 0.944. The van der Waals surface area contributed by atoms with Gasteiger partial charge in [0.2, 0.25) is 0 Å². The largest absolute Gasteiger partial charge is 0.491 e. The van der Waals surface area contributed by atoms with Crippen molar-refractivity contribution < 1.29 is 14.3 Å². The molecule has 1 N–H and O–H groups in total. The predicted octanol–water partition coefficient (Wildman–Crippen LogP) is 2.96. The number of anilines is 1. The third-order valence-electron chi connectivity index (χ3n) is 3.38. The van der Waals surface area contributed by atoms with Crippen LogP contribution in [0, 0.1) is 0 Å². The summed E-state index contributed by atoms with van der Waals surface area (Å²) in [5, 5.41) is 2.84. The maximum absolute atomic E-state index is 12.1. The Kier molecular flexibility index (Phi) is 4.56. The van der Waals surface area contributed by atoms with Crippen LogP contribution in [0.2, 0.25) is 0 Å². The van der Waals surface area contributed by atoms with Crippen LogP contribution in [0.25, 0.3) is 0 Å². The van der Waals surface area contributed by atoms with Crippen LogP contribution in [0.15, 0.2) is 60.7 Å². The zero-order valence-electron chi connectivity index (χ0n) is 12.1. The number of nitrogens with zero attached hydrogens (tertiary/aromatic N) is 1. The number of hydrogen-bond acceptors (Lipinski definition) is 3. The van der Waals surface area contributed by atoms with E-state index in [1.165, 1.54) is 0 Å². The van der Waals surface area contributed by atoms with Gasteiger partial charge in [0, 0.05) is 5.69 Å². The lowest BCUT2D eigenvalue weighted by molar-refractivity contribution is 0.0633. The van der Waals surface area contributed by atoms with Crippen molar-refractivity contribution in [2.45, 2.75) is 6.10 Å². The van der Waals surface area contributed by atoms with Crippen LogP contribution in [-0.4, -0.2) is 36.9 Å². The van der Waals surface area contributed by atoms with E-state index in [2.05, 4.69) is 5.32 Å². The lowest BCUT2D eigenvalue weighted by atomic mass is 10.3. The fraction of sp³-hybridized carbons (Fsp3) is 0.235. The number of rotatable bonds is 4. The van der Waals surface area contributed by atoms with Crippen LogP contribution in [0.1, 0.15) is 0 Å². The van der Waals surface area contributed by atoms with Crippen LogP contribution in [-0.2, 0) is 4.74 Å². The van der Waals surface area contributed by atoms with Crippen molar-refractivity contribution in [1.82, 2.24) is 4.90 Å². The van der Waals surface area contributed by atoms with Gasteiger partial charge in [-0.1, -0.05) is 36.4 Å². The van der Waals surface area contributed by atoms with E-state index in [-0.39, 0.29) is 18.9 Å². The monoisotopic (exact) mass is 298 g/mol. The SMILES string of the molecule is O=C(Nc1ccccc1)N1COC(COc2ccccc2)C1. The Morgan fingerprint density at radius 3 is 2.55 bits per heavy atom. The molecular formula is C17H18N2O3. The minimum absolute atomic E-state index is 0.110. The molecule has 0 aromatic heterocycles. The second-order valence-electron chi connectivity index (χ2n) is 5.06. The summed E-state index contributed by atoms with van der Waals surface area (Å²) in [6.45, 7) is 1.23. The minimum atomic E-state index is -0.159. The average Bonchev–Trinajstić information content (AvgIpc) is 3.04. The molecule has 1 unspecified atom stereocenters. The average molecular weight is 298 g/mol. The normalized spacial score (nSPS) is 17.3. The van der Waals surface area contributed by atoms with Crippen LogP contribution in [0.4, 0.5) is 10.5 Å². The standard InChI is InChI=1S/C17H18N2O3/c20-17(18-14-7-3-1-4-8-14)19-11-16(22-13-19)12-21-15-9-5-2-6-10-15/h1-10,16H,11-13H2,(H,18,20). The van der Waals surface area contributed by atoms with Crippen LogP contribution < -0.4 is 10.1 Å². The Hall–Kier alpha value is -2.53. The molecule has 0 aliphatic carbocycles. The Labute approximate surface area is 129 Å². The van der Waals surface area contributed by atoms with E-state index < -0.39 is 0 Å². The Bertz CT molecular complexity index is 604. The maximum atomic E-state index is 12.1. The molecule has 0 saturated carbocycles. The van der Waals surface area contributed by atoms with E-state index >= 15 is 0 Å². The summed E-state index contributed by atoms with van der Waals surface area (Å²) in [5.41, 5.74) is 0.775. The fourth-order valence-electron chi connectivity index (χ4n) is 2.22. The van der Waals surface area contributed by atoms with Gasteiger partial charge < -0.3 is 14.8 Å². The van der Waals surface area contributed by atoms with Crippen LogP contribution in [0.5, 0.6) is 5.75 Å².